The summed E-state index contributed by atoms with van der Waals surface area (Å²) in [6.07, 6.45) is 2.19. The van der Waals surface area contributed by atoms with Crippen molar-refractivity contribution in [2.24, 2.45) is 5.92 Å². The molecule has 4 nitrogen and oxygen atoms in total. The van der Waals surface area contributed by atoms with Crippen molar-refractivity contribution >= 4 is 11.4 Å². The van der Waals surface area contributed by atoms with Gasteiger partial charge in [0.2, 0.25) is 0 Å². The zero-order valence-corrected chi connectivity index (χ0v) is 13.2. The molecule has 0 heterocycles. The van der Waals surface area contributed by atoms with Gasteiger partial charge in [-0.1, -0.05) is 33.6 Å². The summed E-state index contributed by atoms with van der Waals surface area (Å²) in [5.74, 6) is -0.0346. The summed E-state index contributed by atoms with van der Waals surface area (Å²) < 4.78 is 19.1. The number of anilines is 2. The van der Waals surface area contributed by atoms with Crippen molar-refractivity contribution in [3.05, 3.63) is 17.9 Å². The molecule has 21 heavy (non-hydrogen) atoms. The summed E-state index contributed by atoms with van der Waals surface area (Å²) in [5.41, 5.74) is 6.71. The fourth-order valence-corrected chi connectivity index (χ4v) is 2.26. The maximum absolute atomic E-state index is 13.7. The molecule has 4 N–H and O–H groups in total. The molecule has 1 atom stereocenters. The molecule has 1 aromatic carbocycles. The first kappa shape index (κ1) is 17.6. The van der Waals surface area contributed by atoms with Gasteiger partial charge in [-0.25, -0.2) is 4.39 Å². The van der Waals surface area contributed by atoms with Crippen LogP contribution in [0.15, 0.2) is 12.1 Å². The molecule has 0 aliphatic heterocycles. The summed E-state index contributed by atoms with van der Waals surface area (Å²) in [5, 5.41) is 13.2. The highest BCUT2D eigenvalue weighted by molar-refractivity contribution is 5.68. The second-order valence-corrected chi connectivity index (χ2v) is 5.24. The lowest BCUT2D eigenvalue weighted by atomic mass is 9.96. The number of benzene rings is 1. The van der Waals surface area contributed by atoms with Gasteiger partial charge in [0.25, 0.3) is 0 Å². The Labute approximate surface area is 126 Å². The quantitative estimate of drug-likeness (QED) is 0.611. The lowest BCUT2D eigenvalue weighted by Gasteiger charge is -2.21. The Morgan fingerprint density at radius 2 is 1.95 bits per heavy atom. The molecule has 0 saturated carbocycles. The summed E-state index contributed by atoms with van der Waals surface area (Å²) in [7, 11) is 0. The number of aliphatic hydroxyl groups is 1. The molecule has 5 heteroatoms. The van der Waals surface area contributed by atoms with Crippen molar-refractivity contribution in [1.82, 2.24) is 0 Å². The van der Waals surface area contributed by atoms with Gasteiger partial charge in [-0.2, -0.15) is 0 Å². The SMILES string of the molecule is CCCOc1cc(NCC(O)C(CC)CC)c(N)cc1F. The van der Waals surface area contributed by atoms with Crippen LogP contribution in [0.3, 0.4) is 0 Å². The van der Waals surface area contributed by atoms with E-state index >= 15 is 0 Å². The molecule has 1 aromatic rings. The molecule has 0 fully saturated rings. The number of nitrogens with one attached hydrogen (secondary N) is 1. The van der Waals surface area contributed by atoms with Gasteiger partial charge in [0.15, 0.2) is 11.6 Å². The first-order valence-corrected chi connectivity index (χ1v) is 7.67. The predicted octanol–water partition coefficient (Wildman–Crippen LogP) is 3.41. The van der Waals surface area contributed by atoms with Crippen molar-refractivity contribution in [2.75, 3.05) is 24.2 Å². The van der Waals surface area contributed by atoms with Crippen molar-refractivity contribution in [3.63, 3.8) is 0 Å². The van der Waals surface area contributed by atoms with Crippen LogP contribution in [0.2, 0.25) is 0 Å². The molecule has 0 aromatic heterocycles. The zero-order chi connectivity index (χ0) is 15.8. The third-order valence-corrected chi connectivity index (χ3v) is 3.66. The Balaban J connectivity index is 2.73. The topological polar surface area (TPSA) is 67.5 Å². The van der Waals surface area contributed by atoms with Gasteiger partial charge in [-0.05, 0) is 12.3 Å². The van der Waals surface area contributed by atoms with Gasteiger partial charge in [0, 0.05) is 18.7 Å². The minimum Gasteiger partial charge on any atom is -0.490 e. The lowest BCUT2D eigenvalue weighted by Crippen LogP contribution is -2.28. The fourth-order valence-electron chi connectivity index (χ4n) is 2.26. The van der Waals surface area contributed by atoms with Crippen LogP contribution in [0.1, 0.15) is 40.0 Å². The van der Waals surface area contributed by atoms with Gasteiger partial charge < -0.3 is 20.9 Å². The summed E-state index contributed by atoms with van der Waals surface area (Å²) in [4.78, 5) is 0. The second-order valence-electron chi connectivity index (χ2n) is 5.24. The van der Waals surface area contributed by atoms with E-state index < -0.39 is 11.9 Å². The number of halogens is 1. The molecular formula is C16H27FN2O2. The van der Waals surface area contributed by atoms with Crippen molar-refractivity contribution in [2.45, 2.75) is 46.1 Å². The maximum Gasteiger partial charge on any atom is 0.167 e. The summed E-state index contributed by atoms with van der Waals surface area (Å²) in [6, 6.07) is 2.80. The molecule has 0 bridgehead atoms. The molecule has 120 valence electrons. The number of hydrogen-bond donors (Lipinski definition) is 3. The average molecular weight is 298 g/mol. The van der Waals surface area contributed by atoms with Gasteiger partial charge in [-0.15, -0.1) is 0 Å². The largest absolute Gasteiger partial charge is 0.490 e. The van der Waals surface area contributed by atoms with Gasteiger partial charge in [0.1, 0.15) is 0 Å². The predicted molar refractivity (Wildman–Crippen MR) is 85.2 cm³/mol. The van der Waals surface area contributed by atoms with Crippen LogP contribution < -0.4 is 15.8 Å². The van der Waals surface area contributed by atoms with E-state index in [0.29, 0.717) is 24.5 Å². The van der Waals surface area contributed by atoms with Crippen LogP contribution >= 0.6 is 0 Å². The van der Waals surface area contributed by atoms with E-state index in [1.54, 1.807) is 6.07 Å². The van der Waals surface area contributed by atoms with Crippen LogP contribution in [0.4, 0.5) is 15.8 Å². The molecule has 0 saturated heterocycles. The van der Waals surface area contributed by atoms with Gasteiger partial charge >= 0.3 is 0 Å². The number of hydrogen-bond acceptors (Lipinski definition) is 4. The van der Waals surface area contributed by atoms with Crippen LogP contribution in [0.5, 0.6) is 5.75 Å². The summed E-state index contributed by atoms with van der Waals surface area (Å²) >= 11 is 0. The Morgan fingerprint density at radius 1 is 1.29 bits per heavy atom. The van der Waals surface area contributed by atoms with Crippen molar-refractivity contribution < 1.29 is 14.2 Å². The average Bonchev–Trinajstić information content (AvgIpc) is 2.46. The number of ether oxygens (including phenoxy) is 1. The monoisotopic (exact) mass is 298 g/mol. The second kappa shape index (κ2) is 8.72. The standard InChI is InChI=1S/C16H27FN2O2/c1-4-7-21-16-9-14(13(18)8-12(16)17)19-10-15(20)11(5-2)6-3/h8-9,11,15,19-20H,4-7,10,18H2,1-3H3. The van der Waals surface area contributed by atoms with E-state index in [2.05, 4.69) is 19.2 Å². The fraction of sp³-hybridized carbons (Fsp3) is 0.625. The number of rotatable bonds is 9. The Bertz CT molecular complexity index is 437. The minimum atomic E-state index is -0.466. The molecule has 0 aliphatic rings. The first-order chi connectivity index (χ1) is 10.0. The van der Waals surface area contributed by atoms with E-state index in [1.165, 1.54) is 6.07 Å². The number of nitrogen functional groups attached to an aromatic ring is 1. The summed E-state index contributed by atoms with van der Waals surface area (Å²) in [6.45, 7) is 6.91. The van der Waals surface area contributed by atoms with E-state index in [1.807, 2.05) is 6.92 Å². The highest BCUT2D eigenvalue weighted by atomic mass is 19.1. The molecule has 1 rings (SSSR count). The van der Waals surface area contributed by atoms with Gasteiger partial charge in [-0.3, -0.25) is 0 Å². The van der Waals surface area contributed by atoms with Crippen LogP contribution in [0.25, 0.3) is 0 Å². The van der Waals surface area contributed by atoms with Crippen LogP contribution in [-0.2, 0) is 0 Å². The molecule has 0 aliphatic carbocycles. The van der Waals surface area contributed by atoms with E-state index in [4.69, 9.17) is 10.5 Å². The molecular weight excluding hydrogens is 271 g/mol. The molecule has 0 radical (unpaired) electrons. The minimum absolute atomic E-state index is 0.186. The Hall–Kier alpha value is -1.49. The first-order valence-electron chi connectivity index (χ1n) is 7.67. The number of nitrogens with two attached hydrogens (primary N) is 1. The third kappa shape index (κ3) is 5.08. The van der Waals surface area contributed by atoms with E-state index in [9.17, 15) is 9.50 Å². The van der Waals surface area contributed by atoms with Gasteiger partial charge in [0.05, 0.1) is 24.1 Å². The van der Waals surface area contributed by atoms with E-state index in [0.717, 1.165) is 19.3 Å². The highest BCUT2D eigenvalue weighted by Crippen LogP contribution is 2.28. The lowest BCUT2D eigenvalue weighted by molar-refractivity contribution is 0.114. The molecule has 1 unspecified atom stereocenters. The van der Waals surface area contributed by atoms with Crippen molar-refractivity contribution in [3.8, 4) is 5.75 Å². The smallest absolute Gasteiger partial charge is 0.167 e. The zero-order valence-electron chi connectivity index (χ0n) is 13.2. The van der Waals surface area contributed by atoms with E-state index in [-0.39, 0.29) is 11.7 Å². The highest BCUT2D eigenvalue weighted by Gasteiger charge is 2.16. The third-order valence-electron chi connectivity index (χ3n) is 3.66. The van der Waals surface area contributed by atoms with Crippen LogP contribution in [0, 0.1) is 11.7 Å². The molecule has 0 amide bonds. The normalized spacial score (nSPS) is 12.5. The van der Waals surface area contributed by atoms with Crippen LogP contribution in [-0.4, -0.2) is 24.4 Å². The Kier molecular flexibility index (Phi) is 7.29. The van der Waals surface area contributed by atoms with Crippen molar-refractivity contribution in [1.29, 1.82) is 0 Å². The Morgan fingerprint density at radius 3 is 2.52 bits per heavy atom. The molecule has 0 spiro atoms. The number of aliphatic hydroxyl groups excluding tert-OH is 1. The maximum atomic E-state index is 13.7.